The van der Waals surface area contributed by atoms with Crippen LogP contribution in [0.5, 0.6) is 5.88 Å². The van der Waals surface area contributed by atoms with Crippen LogP contribution in [-0.4, -0.2) is 78.4 Å². The molecule has 1 aromatic carbocycles. The molecule has 1 amide bonds. The first kappa shape index (κ1) is 33.2. The number of likely N-dealkylation sites (tertiary alicyclic amines) is 1. The molecule has 3 N–H and O–H groups in total. The van der Waals surface area contributed by atoms with Crippen LogP contribution < -0.4 is 20.9 Å². The van der Waals surface area contributed by atoms with E-state index >= 15 is 0 Å². The van der Waals surface area contributed by atoms with E-state index in [1.165, 1.54) is 4.57 Å². The number of nitrogens with one attached hydrogen (secondary N) is 2. The lowest BCUT2D eigenvalue weighted by Gasteiger charge is -2.44. The number of nitrogens with zero attached hydrogens (tertiary/aromatic N) is 6. The van der Waals surface area contributed by atoms with Gasteiger partial charge in [0.15, 0.2) is 0 Å². The van der Waals surface area contributed by atoms with Crippen LogP contribution in [0.3, 0.4) is 0 Å². The quantitative estimate of drug-likeness (QED) is 0.197. The molecule has 254 valence electrons. The van der Waals surface area contributed by atoms with Gasteiger partial charge in [-0.3, -0.25) is 24.0 Å². The molecule has 1 atom stereocenters. The number of benzene rings is 1. The Morgan fingerprint density at radius 1 is 1.10 bits per heavy atom. The first-order valence-electron chi connectivity index (χ1n) is 16.0. The molecule has 4 aromatic heterocycles. The number of pyridine rings is 2. The molecule has 0 spiro atoms. The third kappa shape index (κ3) is 6.54. The standard InChI is InChI=1S/C35H36Cl2N8O4/c1-35(48)18-44(19-35)17-28-42-45-16-21(13-27(45)34(47)43(28)2)32-31(37)24(11-12-39-32)23-5-4-6-25(30(23)36)26-9-7-20(33(41-26)49-3)14-38-15-22-8-10-29(46)40-22/h4-7,9,11-13,16,22,38,48H,8,10,14-15,17-19H2,1-3H3,(H,40,46)/t22-/m1/s1. The van der Waals surface area contributed by atoms with Crippen molar-refractivity contribution in [2.75, 3.05) is 26.7 Å². The minimum atomic E-state index is -0.720. The topological polar surface area (TPSA) is 139 Å². The molecule has 2 fully saturated rings. The van der Waals surface area contributed by atoms with Crippen molar-refractivity contribution in [1.29, 1.82) is 0 Å². The lowest BCUT2D eigenvalue weighted by atomic mass is 9.97. The third-order valence-electron chi connectivity index (χ3n) is 9.08. The number of fused-ring (bicyclic) bond motifs is 1. The van der Waals surface area contributed by atoms with Gasteiger partial charge >= 0.3 is 0 Å². The fourth-order valence-corrected chi connectivity index (χ4v) is 7.25. The zero-order valence-electron chi connectivity index (χ0n) is 27.3. The third-order valence-corrected chi connectivity index (χ3v) is 9.87. The number of β-amino-alcohol motifs (C(OH)–C–C–N with tert-alkyl or cyclic N) is 1. The molecule has 0 aliphatic carbocycles. The van der Waals surface area contributed by atoms with Crippen LogP contribution in [0.1, 0.15) is 31.2 Å². The number of amides is 1. The van der Waals surface area contributed by atoms with Crippen LogP contribution >= 0.6 is 23.2 Å². The number of carbonyl (C=O) groups is 1. The first-order valence-corrected chi connectivity index (χ1v) is 16.8. The Bertz CT molecular complexity index is 2140. The lowest BCUT2D eigenvalue weighted by molar-refractivity contribution is -0.119. The SMILES string of the molecule is COc1nc(-c2cccc(-c3ccnc(-c4cc5c(=O)n(C)c(CN6CC(C)(O)C6)nn5c4)c3Cl)c2Cl)ccc1CNC[C@H]1CCC(=O)N1. The molecule has 6 heterocycles. The number of methoxy groups -OCH3 is 1. The van der Waals surface area contributed by atoms with E-state index < -0.39 is 5.60 Å². The van der Waals surface area contributed by atoms with Gasteiger partial charge in [0.25, 0.3) is 5.56 Å². The van der Waals surface area contributed by atoms with Crippen LogP contribution in [0.2, 0.25) is 10.0 Å². The van der Waals surface area contributed by atoms with Crippen molar-refractivity contribution in [1.82, 2.24) is 39.7 Å². The monoisotopic (exact) mass is 702 g/mol. The summed E-state index contributed by atoms with van der Waals surface area (Å²) in [6.45, 7) is 4.46. The van der Waals surface area contributed by atoms with Gasteiger partial charge in [-0.25, -0.2) is 9.50 Å². The van der Waals surface area contributed by atoms with Gasteiger partial charge in [-0.15, -0.1) is 0 Å². The van der Waals surface area contributed by atoms with Crippen molar-refractivity contribution in [2.24, 2.45) is 7.05 Å². The van der Waals surface area contributed by atoms with Gasteiger partial charge in [-0.1, -0.05) is 47.5 Å². The van der Waals surface area contributed by atoms with Crippen LogP contribution in [0.25, 0.3) is 39.2 Å². The summed E-state index contributed by atoms with van der Waals surface area (Å²) < 4.78 is 8.73. The first-order chi connectivity index (χ1) is 23.5. The van der Waals surface area contributed by atoms with E-state index in [2.05, 4.69) is 15.6 Å². The average molecular weight is 704 g/mol. The Hall–Kier alpha value is -4.33. The largest absolute Gasteiger partial charge is 0.481 e. The Labute approximate surface area is 292 Å². The summed E-state index contributed by atoms with van der Waals surface area (Å²) in [5.74, 6) is 1.15. The summed E-state index contributed by atoms with van der Waals surface area (Å²) in [7, 11) is 3.28. The normalized spacial score (nSPS) is 17.3. The number of ether oxygens (including phenoxy) is 1. The second kappa shape index (κ2) is 13.2. The number of hydrogen-bond donors (Lipinski definition) is 3. The Kier molecular flexibility index (Phi) is 8.92. The summed E-state index contributed by atoms with van der Waals surface area (Å²) in [5.41, 5.74) is 4.20. The molecule has 49 heavy (non-hydrogen) atoms. The van der Waals surface area contributed by atoms with E-state index in [4.69, 9.17) is 38.0 Å². The van der Waals surface area contributed by atoms with E-state index in [1.54, 1.807) is 50.1 Å². The highest BCUT2D eigenvalue weighted by Crippen LogP contribution is 2.41. The van der Waals surface area contributed by atoms with Crippen molar-refractivity contribution in [3.8, 4) is 39.5 Å². The van der Waals surface area contributed by atoms with Crippen LogP contribution in [0.4, 0.5) is 0 Å². The summed E-state index contributed by atoms with van der Waals surface area (Å²) in [4.78, 5) is 36.2. The summed E-state index contributed by atoms with van der Waals surface area (Å²) in [5, 5.41) is 22.0. The molecule has 2 aliphatic heterocycles. The number of halogens is 2. The predicted octanol–water partition coefficient (Wildman–Crippen LogP) is 4.07. The highest BCUT2D eigenvalue weighted by molar-refractivity contribution is 6.39. The van der Waals surface area contributed by atoms with E-state index in [9.17, 15) is 14.7 Å². The Balaban J connectivity index is 1.16. The molecule has 2 saturated heterocycles. The van der Waals surface area contributed by atoms with Gasteiger partial charge in [0.2, 0.25) is 11.8 Å². The fourth-order valence-electron chi connectivity index (χ4n) is 6.60. The maximum absolute atomic E-state index is 13.3. The van der Waals surface area contributed by atoms with Crippen LogP contribution in [-0.2, 0) is 24.9 Å². The number of aromatic nitrogens is 5. The van der Waals surface area contributed by atoms with Gasteiger partial charge in [-0.05, 0) is 31.5 Å². The van der Waals surface area contributed by atoms with E-state index in [0.717, 1.165) is 12.0 Å². The van der Waals surface area contributed by atoms with Crippen LogP contribution in [0, 0.1) is 0 Å². The second-order valence-electron chi connectivity index (χ2n) is 13.0. The number of carbonyl (C=O) groups excluding carboxylic acids is 1. The molecule has 7 rings (SSSR count). The summed E-state index contributed by atoms with van der Waals surface area (Å²) >= 11 is 14.1. The number of aliphatic hydroxyl groups is 1. The van der Waals surface area contributed by atoms with Gasteiger partial charge in [-0.2, -0.15) is 5.10 Å². The molecule has 2 aliphatic rings. The zero-order chi connectivity index (χ0) is 34.4. The van der Waals surface area contributed by atoms with E-state index in [1.807, 2.05) is 35.2 Å². The molecular formula is C35H36Cl2N8O4. The Morgan fingerprint density at radius 3 is 2.61 bits per heavy atom. The molecule has 0 unspecified atom stereocenters. The molecule has 5 aromatic rings. The van der Waals surface area contributed by atoms with E-state index in [0.29, 0.717) is 100 Å². The summed E-state index contributed by atoms with van der Waals surface area (Å²) in [6, 6.07) is 13.2. The fraction of sp³-hybridized carbons (Fsp3) is 0.343. The van der Waals surface area contributed by atoms with Crippen LogP contribution in [0.15, 0.2) is 59.7 Å². The molecule has 0 radical (unpaired) electrons. The molecule has 0 saturated carbocycles. The molecule has 12 nitrogen and oxygen atoms in total. The summed E-state index contributed by atoms with van der Waals surface area (Å²) in [6.07, 6.45) is 4.80. The smallest absolute Gasteiger partial charge is 0.277 e. The Morgan fingerprint density at radius 2 is 1.88 bits per heavy atom. The highest BCUT2D eigenvalue weighted by Gasteiger charge is 2.37. The highest BCUT2D eigenvalue weighted by atomic mass is 35.5. The van der Waals surface area contributed by atoms with Crippen molar-refractivity contribution in [2.45, 2.75) is 44.5 Å². The second-order valence-corrected chi connectivity index (χ2v) is 13.7. The number of rotatable bonds is 10. The van der Waals surface area contributed by atoms with Crippen molar-refractivity contribution in [3.63, 3.8) is 0 Å². The molecule has 0 bridgehead atoms. The lowest BCUT2D eigenvalue weighted by Crippen LogP contribution is -2.59. The number of hydrogen-bond acceptors (Lipinski definition) is 9. The van der Waals surface area contributed by atoms with Crippen molar-refractivity contribution in [3.05, 3.63) is 86.6 Å². The van der Waals surface area contributed by atoms with Gasteiger partial charge in [0.1, 0.15) is 11.3 Å². The average Bonchev–Trinajstić information content (AvgIpc) is 3.69. The molecular weight excluding hydrogens is 667 g/mol. The maximum Gasteiger partial charge on any atom is 0.277 e. The van der Waals surface area contributed by atoms with Gasteiger partial charge in [0.05, 0.1) is 40.7 Å². The van der Waals surface area contributed by atoms with Crippen molar-refractivity contribution >= 4 is 34.6 Å². The van der Waals surface area contributed by atoms with E-state index in [-0.39, 0.29) is 17.5 Å². The predicted molar refractivity (Wildman–Crippen MR) is 188 cm³/mol. The van der Waals surface area contributed by atoms with Gasteiger partial charge < -0.3 is 20.5 Å². The minimum Gasteiger partial charge on any atom is -0.481 e. The molecule has 14 heteroatoms. The maximum atomic E-state index is 13.3. The minimum absolute atomic E-state index is 0.0890. The van der Waals surface area contributed by atoms with Gasteiger partial charge in [0, 0.05) is 85.9 Å². The van der Waals surface area contributed by atoms with Crippen molar-refractivity contribution < 1.29 is 14.6 Å². The zero-order valence-corrected chi connectivity index (χ0v) is 28.8.